The number of rotatable bonds is 0. The third kappa shape index (κ3) is 9.18. The van der Waals surface area contributed by atoms with E-state index in [-0.39, 0.29) is 0 Å². The number of benzene rings is 1. The number of ether oxygens (including phenoxy) is 6. The fourth-order valence-corrected chi connectivity index (χ4v) is 3.61. The van der Waals surface area contributed by atoms with Crippen LogP contribution in [0.1, 0.15) is 19.3 Å². The molecule has 0 N–H and O–H groups in total. The summed E-state index contributed by atoms with van der Waals surface area (Å²) in [7, 11) is 0. The molecule has 1 fully saturated rings. The summed E-state index contributed by atoms with van der Waals surface area (Å²) in [6.45, 7) is 9.09. The molecule has 1 aromatic carbocycles. The largest absolute Gasteiger partial charge is 0.490 e. The summed E-state index contributed by atoms with van der Waals surface area (Å²) in [6.07, 6.45) is 2.95. The molecule has 2 bridgehead atoms. The predicted octanol–water partition coefficient (Wildman–Crippen LogP) is 2.63. The van der Waals surface area contributed by atoms with Crippen LogP contribution in [0.3, 0.4) is 0 Å². The number of hydrogen-bond acceptors (Lipinski definition) is 7. The molecule has 0 saturated carbocycles. The second kappa shape index (κ2) is 14.6. The monoisotopic (exact) mass is 423 g/mol. The minimum Gasteiger partial charge on any atom is -0.490 e. The SMILES string of the molecule is c1ccc2c(c1)OCCC1CCOCCOCCN(CCOCCOCC1)CCO2. The number of nitrogens with zero attached hydrogens (tertiary/aromatic N) is 1. The highest BCUT2D eigenvalue weighted by molar-refractivity contribution is 5.39. The minimum atomic E-state index is 0.492. The second-order valence-corrected chi connectivity index (χ2v) is 7.67. The molecular weight excluding hydrogens is 386 g/mol. The van der Waals surface area contributed by atoms with Crippen LogP contribution in [0.5, 0.6) is 11.5 Å². The highest BCUT2D eigenvalue weighted by Gasteiger charge is 2.13. The summed E-state index contributed by atoms with van der Waals surface area (Å²) >= 11 is 0. The van der Waals surface area contributed by atoms with Gasteiger partial charge in [0.05, 0.1) is 46.2 Å². The standard InChI is InChI=1S/C23H37NO6/c1-2-4-23-22(3-1)29-13-7-21-5-11-25-17-19-27-14-8-24(10-16-30-23)9-15-28-20-18-26-12-6-21/h1-4,21H,5-20H2. The van der Waals surface area contributed by atoms with E-state index in [4.69, 9.17) is 28.4 Å². The minimum absolute atomic E-state index is 0.492. The van der Waals surface area contributed by atoms with Gasteiger partial charge in [0.2, 0.25) is 0 Å². The van der Waals surface area contributed by atoms with Crippen molar-refractivity contribution in [1.82, 2.24) is 4.90 Å². The van der Waals surface area contributed by atoms with Gasteiger partial charge in [0.25, 0.3) is 0 Å². The fourth-order valence-electron chi connectivity index (χ4n) is 3.61. The van der Waals surface area contributed by atoms with E-state index in [2.05, 4.69) is 4.90 Å². The Balaban J connectivity index is 1.68. The third-order valence-electron chi connectivity index (χ3n) is 5.49. The molecule has 0 aliphatic carbocycles. The van der Waals surface area contributed by atoms with Gasteiger partial charge in [0.15, 0.2) is 11.5 Å². The first kappa shape index (κ1) is 23.3. The lowest BCUT2D eigenvalue weighted by Gasteiger charge is -2.23. The van der Waals surface area contributed by atoms with Crippen molar-refractivity contribution in [2.45, 2.75) is 19.3 Å². The van der Waals surface area contributed by atoms with Crippen molar-refractivity contribution < 1.29 is 28.4 Å². The molecule has 0 spiro atoms. The van der Waals surface area contributed by atoms with Gasteiger partial charge in [-0.25, -0.2) is 0 Å². The predicted molar refractivity (Wildman–Crippen MR) is 114 cm³/mol. The maximum atomic E-state index is 6.09. The molecule has 0 unspecified atom stereocenters. The first-order valence-electron chi connectivity index (χ1n) is 11.3. The van der Waals surface area contributed by atoms with Gasteiger partial charge in [-0.05, 0) is 37.3 Å². The van der Waals surface area contributed by atoms with Crippen molar-refractivity contribution in [3.63, 3.8) is 0 Å². The Morgan fingerprint density at radius 3 is 1.60 bits per heavy atom. The molecule has 3 heterocycles. The van der Waals surface area contributed by atoms with E-state index in [1.165, 1.54) is 0 Å². The van der Waals surface area contributed by atoms with Crippen LogP contribution in [0.25, 0.3) is 0 Å². The van der Waals surface area contributed by atoms with Crippen molar-refractivity contribution in [1.29, 1.82) is 0 Å². The summed E-state index contributed by atoms with van der Waals surface area (Å²) in [5, 5.41) is 0. The lowest BCUT2D eigenvalue weighted by Crippen LogP contribution is -2.35. The molecule has 0 atom stereocenters. The molecule has 3 aliphatic rings. The lowest BCUT2D eigenvalue weighted by molar-refractivity contribution is 0.0106. The van der Waals surface area contributed by atoms with E-state index in [0.717, 1.165) is 63.6 Å². The molecule has 1 aromatic rings. The first-order valence-corrected chi connectivity index (χ1v) is 11.3. The first-order chi connectivity index (χ1) is 14.9. The summed E-state index contributed by atoms with van der Waals surface area (Å²) in [6, 6.07) is 7.92. The van der Waals surface area contributed by atoms with Gasteiger partial charge in [0.1, 0.15) is 6.61 Å². The fraction of sp³-hybridized carbons (Fsp3) is 0.739. The van der Waals surface area contributed by atoms with E-state index in [9.17, 15) is 0 Å². The molecule has 1 saturated heterocycles. The highest BCUT2D eigenvalue weighted by atomic mass is 16.5. The van der Waals surface area contributed by atoms with Gasteiger partial charge >= 0.3 is 0 Å². The van der Waals surface area contributed by atoms with Gasteiger partial charge in [-0.2, -0.15) is 0 Å². The van der Waals surface area contributed by atoms with Gasteiger partial charge < -0.3 is 28.4 Å². The topological polar surface area (TPSA) is 58.6 Å². The van der Waals surface area contributed by atoms with Crippen molar-refractivity contribution in [2.24, 2.45) is 5.92 Å². The molecule has 0 aromatic heterocycles. The van der Waals surface area contributed by atoms with E-state index in [1.54, 1.807) is 0 Å². The molecule has 0 amide bonds. The molecule has 7 nitrogen and oxygen atoms in total. The molecule has 4 rings (SSSR count). The van der Waals surface area contributed by atoms with Crippen LogP contribution in [-0.4, -0.2) is 90.6 Å². The van der Waals surface area contributed by atoms with Gasteiger partial charge in [-0.3, -0.25) is 4.90 Å². The van der Waals surface area contributed by atoms with E-state index in [1.807, 2.05) is 24.3 Å². The van der Waals surface area contributed by atoms with E-state index < -0.39 is 0 Å². The Morgan fingerprint density at radius 1 is 0.533 bits per heavy atom. The van der Waals surface area contributed by atoms with Crippen LogP contribution < -0.4 is 9.47 Å². The summed E-state index contributed by atoms with van der Waals surface area (Å²) in [5.41, 5.74) is 0. The van der Waals surface area contributed by atoms with Gasteiger partial charge in [-0.15, -0.1) is 0 Å². The van der Waals surface area contributed by atoms with Crippen LogP contribution in [0.15, 0.2) is 24.3 Å². The quantitative estimate of drug-likeness (QED) is 0.636. The Kier molecular flexibility index (Phi) is 11.3. The zero-order chi connectivity index (χ0) is 20.7. The molecule has 0 radical (unpaired) electrons. The Labute approximate surface area is 180 Å². The van der Waals surface area contributed by atoms with E-state index in [0.29, 0.717) is 58.8 Å². The summed E-state index contributed by atoms with van der Waals surface area (Å²) in [5.74, 6) is 2.10. The molecular formula is C23H37NO6. The van der Waals surface area contributed by atoms with Crippen LogP contribution in [-0.2, 0) is 18.9 Å². The third-order valence-corrected chi connectivity index (χ3v) is 5.49. The summed E-state index contributed by atoms with van der Waals surface area (Å²) < 4.78 is 35.3. The highest BCUT2D eigenvalue weighted by Crippen LogP contribution is 2.27. The maximum absolute atomic E-state index is 6.09. The van der Waals surface area contributed by atoms with Crippen LogP contribution >= 0.6 is 0 Å². The Morgan fingerprint density at radius 2 is 1.00 bits per heavy atom. The van der Waals surface area contributed by atoms with Crippen molar-refractivity contribution in [2.75, 3.05) is 85.7 Å². The van der Waals surface area contributed by atoms with Crippen LogP contribution in [0, 0.1) is 5.92 Å². The number of hydrogen-bond donors (Lipinski definition) is 0. The zero-order valence-corrected chi connectivity index (χ0v) is 18.1. The van der Waals surface area contributed by atoms with Gasteiger partial charge in [0, 0.05) is 32.8 Å². The Hall–Kier alpha value is -1.38. The van der Waals surface area contributed by atoms with Crippen LogP contribution in [0.2, 0.25) is 0 Å². The van der Waals surface area contributed by atoms with Crippen molar-refractivity contribution >= 4 is 0 Å². The molecule has 30 heavy (non-hydrogen) atoms. The van der Waals surface area contributed by atoms with Crippen molar-refractivity contribution in [3.05, 3.63) is 24.3 Å². The molecule has 7 heteroatoms. The maximum Gasteiger partial charge on any atom is 0.161 e. The average molecular weight is 424 g/mol. The smallest absolute Gasteiger partial charge is 0.161 e. The number of para-hydroxylation sites is 2. The molecule has 3 aliphatic heterocycles. The summed E-state index contributed by atoms with van der Waals surface area (Å²) in [4.78, 5) is 2.31. The lowest BCUT2D eigenvalue weighted by atomic mass is 9.99. The van der Waals surface area contributed by atoms with Crippen LogP contribution in [0.4, 0.5) is 0 Å². The molecule has 170 valence electrons. The average Bonchev–Trinajstić information content (AvgIpc) is 2.76. The van der Waals surface area contributed by atoms with Crippen molar-refractivity contribution in [3.8, 4) is 11.5 Å². The Bertz CT molecular complexity index is 503. The van der Waals surface area contributed by atoms with E-state index >= 15 is 0 Å². The zero-order valence-electron chi connectivity index (χ0n) is 18.1. The second-order valence-electron chi connectivity index (χ2n) is 7.67. The normalized spacial score (nSPS) is 26.5. The number of fused-ring (bicyclic) bond motifs is 18. The van der Waals surface area contributed by atoms with Gasteiger partial charge in [-0.1, -0.05) is 12.1 Å².